The summed E-state index contributed by atoms with van der Waals surface area (Å²) < 4.78 is 32.4. The van der Waals surface area contributed by atoms with Crippen molar-refractivity contribution < 1.29 is 69.5 Å². The molecule has 0 aromatic carbocycles. The second kappa shape index (κ2) is 21.7. The maximum atomic E-state index is 10.8. The summed E-state index contributed by atoms with van der Waals surface area (Å²) >= 11 is 0. The Morgan fingerprint density at radius 3 is 1.36 bits per heavy atom. The van der Waals surface area contributed by atoms with Gasteiger partial charge in [-0.2, -0.15) is 0 Å². The van der Waals surface area contributed by atoms with E-state index in [-0.39, 0.29) is 57.5 Å². The summed E-state index contributed by atoms with van der Waals surface area (Å²) in [6.07, 6.45) is 20.3. The van der Waals surface area contributed by atoms with E-state index >= 15 is 0 Å². The number of rotatable bonds is 20. The predicted molar refractivity (Wildman–Crippen MR) is 114 cm³/mol. The second-order valence-electron chi connectivity index (χ2n) is 8.27. The molecule has 0 bridgehead atoms. The Labute approximate surface area is 218 Å². The summed E-state index contributed by atoms with van der Waals surface area (Å²) in [7, 11) is -4.10. The standard InChI is InChI=1S/C22H46O4S.K/c1-3-4-5-6-7-10-13-16-19-22(23)20-17-14-11-8-9-12-15-18-21(2)27(24,25)26;/h21-23H,3-20H2,1-2H3,(H,24,25,26);/q;+1/p-1. The van der Waals surface area contributed by atoms with Gasteiger partial charge in [0.1, 0.15) is 0 Å². The van der Waals surface area contributed by atoms with Crippen LogP contribution in [0.2, 0.25) is 0 Å². The van der Waals surface area contributed by atoms with Crippen molar-refractivity contribution in [3.8, 4) is 0 Å². The Balaban J connectivity index is 0. The van der Waals surface area contributed by atoms with Crippen LogP contribution >= 0.6 is 0 Å². The van der Waals surface area contributed by atoms with Gasteiger partial charge >= 0.3 is 51.4 Å². The van der Waals surface area contributed by atoms with E-state index in [0.717, 1.165) is 51.4 Å². The van der Waals surface area contributed by atoms with Crippen molar-refractivity contribution in [1.29, 1.82) is 0 Å². The summed E-state index contributed by atoms with van der Waals surface area (Å²) in [5, 5.41) is 9.29. The molecule has 0 amide bonds. The van der Waals surface area contributed by atoms with Crippen molar-refractivity contribution in [3.05, 3.63) is 0 Å². The molecule has 2 atom stereocenters. The molecule has 2 unspecified atom stereocenters. The molecular weight excluding hydrogens is 399 g/mol. The molecule has 1 N–H and O–H groups in total. The molecule has 0 aliphatic carbocycles. The third-order valence-electron chi connectivity index (χ3n) is 5.53. The molecule has 6 heteroatoms. The fraction of sp³-hybridized carbons (Fsp3) is 1.00. The van der Waals surface area contributed by atoms with Crippen molar-refractivity contribution in [2.75, 3.05) is 0 Å². The summed E-state index contributed by atoms with van der Waals surface area (Å²) in [6, 6.07) is 0. The predicted octanol–water partition coefficient (Wildman–Crippen LogP) is 3.33. The molecule has 0 aliphatic rings. The van der Waals surface area contributed by atoms with Crippen LogP contribution in [0.25, 0.3) is 0 Å². The van der Waals surface area contributed by atoms with Crippen LogP contribution in [0, 0.1) is 0 Å². The fourth-order valence-electron chi connectivity index (χ4n) is 3.50. The fourth-order valence-corrected chi connectivity index (χ4v) is 3.95. The van der Waals surface area contributed by atoms with Gasteiger partial charge in [0.05, 0.1) is 16.2 Å². The van der Waals surface area contributed by atoms with E-state index in [4.69, 9.17) is 0 Å². The average Bonchev–Trinajstić information content (AvgIpc) is 2.61. The minimum absolute atomic E-state index is 0. The number of hydrogen-bond donors (Lipinski definition) is 1. The van der Waals surface area contributed by atoms with Crippen LogP contribution in [0.15, 0.2) is 0 Å². The molecule has 0 aromatic heterocycles. The van der Waals surface area contributed by atoms with Crippen LogP contribution in [0.1, 0.15) is 129 Å². The summed E-state index contributed by atoms with van der Waals surface area (Å²) in [5.74, 6) is 0. The molecule has 0 aliphatic heterocycles. The van der Waals surface area contributed by atoms with Crippen molar-refractivity contribution >= 4 is 10.1 Å². The zero-order valence-corrected chi connectivity index (χ0v) is 22.9. The van der Waals surface area contributed by atoms with Gasteiger partial charge in [0.25, 0.3) is 0 Å². The summed E-state index contributed by atoms with van der Waals surface area (Å²) in [5.41, 5.74) is 0. The van der Waals surface area contributed by atoms with Crippen molar-refractivity contribution in [2.24, 2.45) is 0 Å². The SMILES string of the molecule is CCCCCCCCCCC(O)CCCCCCCCCC(C)S(=O)(=O)[O-].[K+]. The zero-order valence-electron chi connectivity index (χ0n) is 19.0. The Kier molecular flexibility index (Phi) is 24.6. The van der Waals surface area contributed by atoms with Crippen molar-refractivity contribution in [3.63, 3.8) is 0 Å². The maximum absolute atomic E-state index is 10.8. The van der Waals surface area contributed by atoms with Gasteiger partial charge in [0.2, 0.25) is 0 Å². The van der Waals surface area contributed by atoms with Gasteiger partial charge < -0.3 is 9.66 Å². The van der Waals surface area contributed by atoms with E-state index in [1.165, 1.54) is 64.7 Å². The van der Waals surface area contributed by atoms with Crippen LogP contribution in [-0.4, -0.2) is 29.4 Å². The molecule has 0 saturated carbocycles. The van der Waals surface area contributed by atoms with Crippen LogP contribution in [0.4, 0.5) is 0 Å². The first kappa shape index (κ1) is 31.7. The molecule has 0 heterocycles. The summed E-state index contributed by atoms with van der Waals surface area (Å²) in [6.45, 7) is 3.75. The number of aliphatic hydroxyl groups excluding tert-OH is 1. The van der Waals surface area contributed by atoms with E-state index in [9.17, 15) is 18.1 Å². The van der Waals surface area contributed by atoms with Gasteiger partial charge in [0.15, 0.2) is 0 Å². The minimum atomic E-state index is -4.10. The molecule has 0 fully saturated rings. The molecule has 0 spiro atoms. The Morgan fingerprint density at radius 2 is 1.00 bits per heavy atom. The third-order valence-corrected chi connectivity index (χ3v) is 6.75. The Morgan fingerprint density at radius 1 is 0.679 bits per heavy atom. The van der Waals surface area contributed by atoms with Gasteiger partial charge in [0, 0.05) is 5.25 Å². The molecule has 28 heavy (non-hydrogen) atoms. The van der Waals surface area contributed by atoms with E-state index in [0.29, 0.717) is 6.42 Å². The zero-order chi connectivity index (χ0) is 20.4. The van der Waals surface area contributed by atoms with Crippen molar-refractivity contribution in [2.45, 2.75) is 141 Å². The second-order valence-corrected chi connectivity index (χ2v) is 10.1. The molecular formula is C22H45KO4S. The van der Waals surface area contributed by atoms with Crippen LogP contribution in [0.3, 0.4) is 0 Å². The van der Waals surface area contributed by atoms with E-state index in [1.54, 1.807) is 0 Å². The third kappa shape index (κ3) is 22.2. The number of unbranched alkanes of at least 4 members (excludes halogenated alkanes) is 13. The van der Waals surface area contributed by atoms with Gasteiger partial charge in [-0.15, -0.1) is 0 Å². The molecule has 4 nitrogen and oxygen atoms in total. The maximum Gasteiger partial charge on any atom is 1.00 e. The largest absolute Gasteiger partial charge is 1.00 e. The monoisotopic (exact) mass is 444 g/mol. The molecule has 0 saturated heterocycles. The number of aliphatic hydroxyl groups is 1. The summed E-state index contributed by atoms with van der Waals surface area (Å²) in [4.78, 5) is 0. The first-order valence-corrected chi connectivity index (χ1v) is 13.0. The first-order chi connectivity index (χ1) is 12.9. The topological polar surface area (TPSA) is 77.4 Å². The van der Waals surface area contributed by atoms with E-state index < -0.39 is 15.4 Å². The smallest absolute Gasteiger partial charge is 0.748 e. The van der Waals surface area contributed by atoms with Gasteiger partial charge in [-0.05, 0) is 26.2 Å². The minimum Gasteiger partial charge on any atom is -0.748 e. The normalized spacial score (nSPS) is 13.9. The molecule has 0 radical (unpaired) electrons. The van der Waals surface area contributed by atoms with Crippen molar-refractivity contribution in [1.82, 2.24) is 0 Å². The van der Waals surface area contributed by atoms with Gasteiger partial charge in [-0.1, -0.05) is 103 Å². The number of hydrogen-bond acceptors (Lipinski definition) is 4. The first-order valence-electron chi connectivity index (χ1n) is 11.5. The quantitative estimate of drug-likeness (QED) is 0.177. The van der Waals surface area contributed by atoms with Crippen LogP contribution in [-0.2, 0) is 10.1 Å². The van der Waals surface area contributed by atoms with Crippen LogP contribution < -0.4 is 51.4 Å². The van der Waals surface area contributed by atoms with E-state index in [2.05, 4.69) is 6.92 Å². The Bertz CT molecular complexity index is 415. The molecule has 0 rings (SSSR count). The van der Waals surface area contributed by atoms with Gasteiger partial charge in [-0.3, -0.25) is 0 Å². The van der Waals surface area contributed by atoms with E-state index in [1.807, 2.05) is 0 Å². The average molecular weight is 445 g/mol. The molecule has 0 aromatic rings. The van der Waals surface area contributed by atoms with Crippen LogP contribution in [0.5, 0.6) is 0 Å². The van der Waals surface area contributed by atoms with Gasteiger partial charge in [-0.25, -0.2) is 8.42 Å². The molecule has 164 valence electrons. The Hall–Kier alpha value is 1.51.